The van der Waals surface area contributed by atoms with Crippen LogP contribution in [0.25, 0.3) is 0 Å². The molecule has 0 unspecified atom stereocenters. The summed E-state index contributed by atoms with van der Waals surface area (Å²) in [5.41, 5.74) is 13.2. The molecule has 1 amide bonds. The molecule has 0 saturated heterocycles. The Labute approximate surface area is 428 Å². The van der Waals surface area contributed by atoms with E-state index in [2.05, 4.69) is 97.1 Å². The van der Waals surface area contributed by atoms with Crippen LogP contribution in [-0.2, 0) is 49.2 Å². The fraction of sp³-hybridized carbons (Fsp3) is 0.678. The van der Waals surface area contributed by atoms with E-state index in [9.17, 15) is 4.79 Å². The van der Waals surface area contributed by atoms with Crippen molar-refractivity contribution in [3.63, 3.8) is 0 Å². The number of aliphatic hydroxyl groups is 1. The van der Waals surface area contributed by atoms with E-state index < -0.39 is 0 Å². The van der Waals surface area contributed by atoms with Crippen molar-refractivity contribution < 1.29 is 38.3 Å². The van der Waals surface area contributed by atoms with Crippen molar-refractivity contribution in [3.05, 3.63) is 94.5 Å². The van der Waals surface area contributed by atoms with E-state index in [0.29, 0.717) is 61.6 Å². The average Bonchev–Trinajstić information content (AvgIpc) is 3.33. The summed E-state index contributed by atoms with van der Waals surface area (Å²) in [6.45, 7) is 24.7. The second-order valence-corrected chi connectivity index (χ2v) is 22.5. The van der Waals surface area contributed by atoms with Gasteiger partial charge in [-0.25, -0.2) is 4.79 Å². The molecule has 11 heteroatoms. The molecule has 3 aromatic carbocycles. The summed E-state index contributed by atoms with van der Waals surface area (Å²) in [7, 11) is 0. The molecular weight excluding hydrogens is 900 g/mol. The van der Waals surface area contributed by atoms with Crippen LogP contribution < -0.4 is 20.5 Å². The molecule has 394 valence electrons. The Bertz CT molecular complexity index is 1930. The number of carbonyl (C=O) groups is 1. The summed E-state index contributed by atoms with van der Waals surface area (Å²) in [6.07, 6.45) is 13.9. The van der Waals surface area contributed by atoms with Gasteiger partial charge in [0, 0.05) is 29.5 Å². The molecule has 0 aliphatic heterocycles. The minimum Gasteiger partial charge on any atom is -0.468 e. The standard InChI is InChI=1S/C29H39NO4.C21H33NO2.C5H11ClO.C4H10O/c1-21(2)18-32-20-34-25-14-13-23-16-24-12-8-5-9-15-29(3,26(23)17-25)27(24)30-28(31)33-19-22-10-6-4-7-11-22;1-15(2)13-23-14-24-18-9-8-16-11-17-7-5-4-6-10-21(3,20(17)22)19(16)12-18;1-5(2)3-7-4-6;1-4(2)3-5/h4,6-7,10-11,13-14,17,21,24,27H,5,8-9,12,15-16,18-20H2,1-3H3,(H,30,31);8-9,12,15,17,20H,4-7,10-11,13-14,22H2,1-3H3;5H,3-4H2,1-2H3;4-5H,3H2,1-2H3/t24-,27-,29+;17-,20-,21+;;/m00../s1. The molecule has 70 heavy (non-hydrogen) atoms. The van der Waals surface area contributed by atoms with Gasteiger partial charge in [0.2, 0.25) is 0 Å². The highest BCUT2D eigenvalue weighted by Crippen LogP contribution is 2.48. The fourth-order valence-electron chi connectivity index (χ4n) is 10.4. The van der Waals surface area contributed by atoms with E-state index in [4.69, 9.17) is 50.9 Å². The molecule has 4 bridgehead atoms. The van der Waals surface area contributed by atoms with Gasteiger partial charge < -0.3 is 44.6 Å². The van der Waals surface area contributed by atoms with Crippen molar-refractivity contribution in [2.24, 2.45) is 41.2 Å². The molecule has 6 atom stereocenters. The number of ether oxygens (including phenoxy) is 6. The number of halogens is 1. The number of alkyl halides is 1. The number of aliphatic hydroxyl groups excluding tert-OH is 1. The van der Waals surface area contributed by atoms with Crippen LogP contribution in [0.15, 0.2) is 66.7 Å². The largest absolute Gasteiger partial charge is 0.468 e. The third-order valence-corrected chi connectivity index (χ3v) is 14.4. The second-order valence-electron chi connectivity index (χ2n) is 22.3. The molecule has 10 nitrogen and oxygen atoms in total. The van der Waals surface area contributed by atoms with Gasteiger partial charge in [-0.05, 0) is 126 Å². The lowest BCUT2D eigenvalue weighted by Crippen LogP contribution is -2.57. The Morgan fingerprint density at radius 2 is 1.16 bits per heavy atom. The maximum atomic E-state index is 12.9. The van der Waals surface area contributed by atoms with Crippen molar-refractivity contribution in [3.8, 4) is 11.5 Å². The van der Waals surface area contributed by atoms with Crippen molar-refractivity contribution in [1.82, 2.24) is 5.32 Å². The molecule has 4 aliphatic rings. The first-order valence-electron chi connectivity index (χ1n) is 26.7. The fourth-order valence-corrected chi connectivity index (χ4v) is 10.5. The van der Waals surface area contributed by atoms with Crippen LogP contribution in [0, 0.1) is 35.5 Å². The Morgan fingerprint density at radius 3 is 1.66 bits per heavy atom. The Morgan fingerprint density at radius 1 is 0.671 bits per heavy atom. The second kappa shape index (κ2) is 30.6. The lowest BCUT2D eigenvalue weighted by molar-refractivity contribution is 0.00243. The van der Waals surface area contributed by atoms with E-state index in [-0.39, 0.29) is 42.4 Å². The summed E-state index contributed by atoms with van der Waals surface area (Å²) < 4.78 is 33.4. The van der Waals surface area contributed by atoms with Gasteiger partial charge in [-0.1, -0.05) is 162 Å². The average molecular weight is 994 g/mol. The number of alkyl carbamates (subject to hydrolysis) is 1. The van der Waals surface area contributed by atoms with Crippen LogP contribution in [0.3, 0.4) is 0 Å². The van der Waals surface area contributed by atoms with Crippen LogP contribution in [0.2, 0.25) is 0 Å². The quantitative estimate of drug-likeness (QED) is 0.0687. The van der Waals surface area contributed by atoms with E-state index in [1.165, 1.54) is 67.2 Å². The molecule has 3 aromatic rings. The van der Waals surface area contributed by atoms with Crippen molar-refractivity contribution in [2.45, 2.75) is 176 Å². The first-order valence-corrected chi connectivity index (χ1v) is 27.2. The normalized spacial score (nSPS) is 23.6. The zero-order chi connectivity index (χ0) is 51.1. The summed E-state index contributed by atoms with van der Waals surface area (Å²) in [5, 5.41) is 11.4. The van der Waals surface area contributed by atoms with E-state index in [1.54, 1.807) is 0 Å². The molecule has 0 heterocycles. The monoisotopic (exact) mass is 993 g/mol. The maximum absolute atomic E-state index is 12.9. The van der Waals surface area contributed by atoms with Gasteiger partial charge in [-0.2, -0.15) is 0 Å². The minimum atomic E-state index is -0.330. The number of nitrogens with one attached hydrogen (secondary N) is 1. The third kappa shape index (κ3) is 18.9. The van der Waals surface area contributed by atoms with Crippen LogP contribution >= 0.6 is 11.6 Å². The molecule has 0 spiro atoms. The van der Waals surface area contributed by atoms with Crippen LogP contribution in [0.4, 0.5) is 4.79 Å². The highest BCUT2D eigenvalue weighted by atomic mass is 35.5. The van der Waals surface area contributed by atoms with Gasteiger partial charge >= 0.3 is 6.09 Å². The molecule has 2 fully saturated rings. The molecule has 4 N–H and O–H groups in total. The van der Waals surface area contributed by atoms with Gasteiger partial charge in [0.15, 0.2) is 13.6 Å². The minimum absolute atomic E-state index is 0.0380. The smallest absolute Gasteiger partial charge is 0.407 e. The number of hydrogen-bond donors (Lipinski definition) is 3. The predicted octanol–water partition coefficient (Wildman–Crippen LogP) is 13.3. The zero-order valence-electron chi connectivity index (χ0n) is 44.9. The summed E-state index contributed by atoms with van der Waals surface area (Å²) in [4.78, 5) is 12.9. The zero-order valence-corrected chi connectivity index (χ0v) is 45.6. The van der Waals surface area contributed by atoms with Gasteiger partial charge in [0.05, 0.1) is 19.8 Å². The topological polar surface area (TPSA) is 131 Å². The first-order chi connectivity index (χ1) is 33.5. The molecule has 2 saturated carbocycles. The number of nitrogens with two attached hydrogens (primary N) is 1. The van der Waals surface area contributed by atoms with E-state index >= 15 is 0 Å². The molecule has 7 rings (SSSR count). The molecule has 0 aromatic heterocycles. The highest BCUT2D eigenvalue weighted by molar-refractivity contribution is 6.17. The van der Waals surface area contributed by atoms with Gasteiger partial charge in [0.1, 0.15) is 24.2 Å². The number of amides is 1. The first kappa shape index (κ1) is 59.2. The van der Waals surface area contributed by atoms with Gasteiger partial charge in [0.25, 0.3) is 0 Å². The lowest BCUT2D eigenvalue weighted by atomic mass is 9.59. The van der Waals surface area contributed by atoms with Gasteiger partial charge in [-0.15, -0.1) is 0 Å². The summed E-state index contributed by atoms with van der Waals surface area (Å²) in [6, 6.07) is 23.5. The molecule has 0 radical (unpaired) electrons. The Hall–Kier alpha value is -3.38. The van der Waals surface area contributed by atoms with Gasteiger partial charge in [-0.3, -0.25) is 0 Å². The van der Waals surface area contributed by atoms with E-state index in [1.807, 2.05) is 44.2 Å². The summed E-state index contributed by atoms with van der Waals surface area (Å²) in [5.74, 6) is 4.81. The number of carbonyl (C=O) groups excluding carboxylic acids is 1. The maximum Gasteiger partial charge on any atom is 0.407 e. The number of rotatable bonds is 17. The SMILES string of the molecule is CC(C)CO.CC(C)COCCl.CC(C)COCOc1ccc2c(c1)[C@@]1(C)CCCCC[C@@H](C2)[C@@H]1N.CC(C)COCOc1ccc2c(c1)[C@@]1(C)CCCCC[C@@H](C2)[C@@H]1NC(=O)OCc1ccccc1. The van der Waals surface area contributed by atoms with Crippen molar-refractivity contribution in [2.75, 3.05) is 46.1 Å². The third-order valence-electron chi connectivity index (χ3n) is 14.2. The van der Waals surface area contributed by atoms with Crippen LogP contribution in [-0.4, -0.2) is 69.4 Å². The Balaban J connectivity index is 0.000000255. The number of benzene rings is 3. The lowest BCUT2D eigenvalue weighted by Gasteiger charge is -2.49. The van der Waals surface area contributed by atoms with Crippen LogP contribution in [0.1, 0.15) is 161 Å². The summed E-state index contributed by atoms with van der Waals surface area (Å²) >= 11 is 5.22. The number of hydrogen-bond acceptors (Lipinski definition) is 9. The molecular formula is C59H93ClN2O8. The van der Waals surface area contributed by atoms with Crippen molar-refractivity contribution >= 4 is 17.7 Å². The van der Waals surface area contributed by atoms with E-state index in [0.717, 1.165) is 62.4 Å². The van der Waals surface area contributed by atoms with Crippen molar-refractivity contribution in [1.29, 1.82) is 0 Å². The number of fused-ring (bicyclic) bond motifs is 8. The Kier molecular flexibility index (Phi) is 25.9. The predicted molar refractivity (Wildman–Crippen MR) is 286 cm³/mol. The van der Waals surface area contributed by atoms with Crippen LogP contribution in [0.5, 0.6) is 11.5 Å². The highest BCUT2D eigenvalue weighted by Gasteiger charge is 2.47. The molecule has 4 aliphatic carbocycles.